The van der Waals surface area contributed by atoms with Crippen LogP contribution in [0.5, 0.6) is 0 Å². The molecule has 0 spiro atoms. The van der Waals surface area contributed by atoms with Crippen LogP contribution in [0.15, 0.2) is 10.7 Å². The Balaban J connectivity index is 3.14. The van der Waals surface area contributed by atoms with E-state index in [-0.39, 0.29) is 0 Å². The van der Waals surface area contributed by atoms with Crippen LogP contribution in [-0.4, -0.2) is 0 Å². The van der Waals surface area contributed by atoms with E-state index in [1.165, 1.54) is 0 Å². The standard InChI is InChI=1S/C3H6BrN/c1-3(5)2-4/h2H,5H2,1H3. The van der Waals surface area contributed by atoms with E-state index in [1.807, 2.05) is 6.92 Å². The number of rotatable bonds is 0. The average Bonchev–Trinajstić information content (AvgIpc) is 1.38. The van der Waals surface area contributed by atoms with Crippen molar-refractivity contribution in [2.75, 3.05) is 0 Å². The lowest BCUT2D eigenvalue weighted by atomic mass is 10.6. The maximum absolute atomic E-state index is 5.11. The molecule has 0 aliphatic heterocycles. The molecule has 0 heterocycles. The summed E-state index contributed by atoms with van der Waals surface area (Å²) in [5.74, 6) is 0. The molecule has 0 aliphatic carbocycles. The topological polar surface area (TPSA) is 26.0 Å². The molecule has 0 atom stereocenters. The fourth-order valence-electron chi connectivity index (χ4n) is 0. The molecule has 0 saturated heterocycles. The van der Waals surface area contributed by atoms with Crippen LogP contribution in [0.4, 0.5) is 0 Å². The first-order valence-corrected chi connectivity index (χ1v) is 2.21. The molecule has 0 aromatic carbocycles. The second-order valence-electron chi connectivity index (χ2n) is 0.853. The highest BCUT2D eigenvalue weighted by Crippen LogP contribution is 1.84. The predicted molar refractivity (Wildman–Crippen MR) is 26.9 cm³/mol. The smallest absolute Gasteiger partial charge is 0.0119 e. The summed E-state index contributed by atoms with van der Waals surface area (Å²) >= 11 is 3.03. The number of nitrogens with two attached hydrogens (primary N) is 1. The molecule has 0 aliphatic rings. The molecule has 0 fully saturated rings. The van der Waals surface area contributed by atoms with Crippen molar-refractivity contribution in [3.05, 3.63) is 10.7 Å². The van der Waals surface area contributed by atoms with Crippen LogP contribution in [0.1, 0.15) is 6.92 Å². The van der Waals surface area contributed by atoms with Gasteiger partial charge in [-0.1, -0.05) is 15.9 Å². The number of halogens is 1. The Hall–Kier alpha value is 0.0200. The lowest BCUT2D eigenvalue weighted by Crippen LogP contribution is -1.85. The van der Waals surface area contributed by atoms with Gasteiger partial charge in [0.2, 0.25) is 0 Å². The van der Waals surface area contributed by atoms with Crippen molar-refractivity contribution in [1.29, 1.82) is 0 Å². The first kappa shape index (κ1) is 5.02. The van der Waals surface area contributed by atoms with Crippen molar-refractivity contribution in [3.63, 3.8) is 0 Å². The van der Waals surface area contributed by atoms with Crippen molar-refractivity contribution in [1.82, 2.24) is 0 Å². The van der Waals surface area contributed by atoms with Crippen LogP contribution < -0.4 is 5.73 Å². The minimum Gasteiger partial charge on any atom is -0.402 e. The van der Waals surface area contributed by atoms with E-state index in [4.69, 9.17) is 5.73 Å². The Kier molecular flexibility index (Phi) is 2.28. The summed E-state index contributed by atoms with van der Waals surface area (Å²) in [7, 11) is 0. The van der Waals surface area contributed by atoms with Crippen LogP contribution in [0, 0.1) is 0 Å². The maximum atomic E-state index is 5.11. The summed E-state index contributed by atoms with van der Waals surface area (Å²) in [4.78, 5) is 1.67. The molecule has 30 valence electrons. The van der Waals surface area contributed by atoms with Gasteiger partial charge in [0, 0.05) is 5.70 Å². The fraction of sp³-hybridized carbons (Fsp3) is 0.333. The minimum absolute atomic E-state index is 0.796. The lowest BCUT2D eigenvalue weighted by Gasteiger charge is -1.75. The molecule has 0 radical (unpaired) electrons. The second-order valence-corrected chi connectivity index (χ2v) is 1.31. The summed E-state index contributed by atoms with van der Waals surface area (Å²) < 4.78 is 0. The van der Waals surface area contributed by atoms with Gasteiger partial charge < -0.3 is 5.73 Å². The molecule has 5 heavy (non-hydrogen) atoms. The zero-order valence-corrected chi connectivity index (χ0v) is 4.62. The van der Waals surface area contributed by atoms with Gasteiger partial charge in [0.15, 0.2) is 0 Å². The van der Waals surface area contributed by atoms with Crippen molar-refractivity contribution in [2.45, 2.75) is 6.92 Å². The Bertz CT molecular complexity index is 44.9. The highest BCUT2D eigenvalue weighted by molar-refractivity contribution is 9.11. The third kappa shape index (κ3) is 4.02. The van der Waals surface area contributed by atoms with E-state index >= 15 is 0 Å². The number of hydrogen-bond acceptors (Lipinski definition) is 1. The number of allylic oxidation sites excluding steroid dienone is 1. The van der Waals surface area contributed by atoms with Gasteiger partial charge in [0.1, 0.15) is 0 Å². The molecular weight excluding hydrogens is 130 g/mol. The van der Waals surface area contributed by atoms with Gasteiger partial charge in [-0.25, -0.2) is 0 Å². The first-order valence-electron chi connectivity index (χ1n) is 1.30. The van der Waals surface area contributed by atoms with Gasteiger partial charge >= 0.3 is 0 Å². The molecule has 0 aromatic heterocycles. The van der Waals surface area contributed by atoms with Gasteiger partial charge in [-0.3, -0.25) is 0 Å². The van der Waals surface area contributed by atoms with Gasteiger partial charge in [-0.2, -0.15) is 0 Å². The lowest BCUT2D eigenvalue weighted by molar-refractivity contribution is 1.34. The summed E-state index contributed by atoms with van der Waals surface area (Å²) in [6, 6.07) is 0. The van der Waals surface area contributed by atoms with Crippen LogP contribution in [0.3, 0.4) is 0 Å². The van der Waals surface area contributed by atoms with Crippen molar-refractivity contribution >= 4 is 15.9 Å². The van der Waals surface area contributed by atoms with E-state index in [1.54, 1.807) is 4.99 Å². The monoisotopic (exact) mass is 135 g/mol. The number of hydrogen-bond donors (Lipinski definition) is 1. The van der Waals surface area contributed by atoms with E-state index < -0.39 is 0 Å². The molecule has 2 heteroatoms. The molecule has 0 rings (SSSR count). The van der Waals surface area contributed by atoms with Gasteiger partial charge in [0.25, 0.3) is 0 Å². The van der Waals surface area contributed by atoms with Crippen LogP contribution in [0.2, 0.25) is 0 Å². The summed E-state index contributed by atoms with van der Waals surface area (Å²) in [6.45, 7) is 1.81. The highest BCUT2D eigenvalue weighted by Gasteiger charge is 1.61. The third-order valence-electron chi connectivity index (χ3n) is 0.172. The quantitative estimate of drug-likeness (QED) is 0.531. The minimum atomic E-state index is 0.796. The van der Waals surface area contributed by atoms with E-state index in [2.05, 4.69) is 15.9 Å². The Labute approximate surface area is 40.0 Å². The molecule has 0 saturated carbocycles. The third-order valence-corrected chi connectivity index (χ3v) is 0.894. The van der Waals surface area contributed by atoms with Gasteiger partial charge in [-0.05, 0) is 11.9 Å². The highest BCUT2D eigenvalue weighted by atomic mass is 79.9. The molecule has 1 nitrogen and oxygen atoms in total. The van der Waals surface area contributed by atoms with Crippen molar-refractivity contribution < 1.29 is 0 Å². The Morgan fingerprint density at radius 2 is 2.20 bits per heavy atom. The Morgan fingerprint density at radius 1 is 2.00 bits per heavy atom. The van der Waals surface area contributed by atoms with Crippen LogP contribution in [-0.2, 0) is 0 Å². The average molecular weight is 136 g/mol. The molecule has 0 aromatic rings. The van der Waals surface area contributed by atoms with Crippen LogP contribution >= 0.6 is 15.9 Å². The zero-order chi connectivity index (χ0) is 4.28. The first-order chi connectivity index (χ1) is 2.27. The summed E-state index contributed by atoms with van der Waals surface area (Å²) in [5.41, 5.74) is 5.90. The Morgan fingerprint density at radius 3 is 2.20 bits per heavy atom. The molecule has 0 bridgehead atoms. The predicted octanol–water partition coefficient (Wildman–Crippen LogP) is 1.20. The van der Waals surface area contributed by atoms with Gasteiger partial charge in [0.05, 0.1) is 0 Å². The molecule has 2 N–H and O–H groups in total. The fourth-order valence-corrected chi connectivity index (χ4v) is 0. The van der Waals surface area contributed by atoms with Crippen LogP contribution in [0.25, 0.3) is 0 Å². The van der Waals surface area contributed by atoms with Crippen molar-refractivity contribution in [3.8, 4) is 0 Å². The summed E-state index contributed by atoms with van der Waals surface area (Å²) in [6.07, 6.45) is 0. The molecule has 0 unspecified atom stereocenters. The normalized spacial score (nSPS) is 12.0. The molecular formula is C3H6BrN. The van der Waals surface area contributed by atoms with Crippen molar-refractivity contribution in [2.24, 2.45) is 5.73 Å². The molecule has 0 amide bonds. The zero-order valence-electron chi connectivity index (χ0n) is 3.03. The summed E-state index contributed by atoms with van der Waals surface area (Å²) in [5, 5.41) is 0. The SMILES string of the molecule is CC(N)=CBr. The largest absolute Gasteiger partial charge is 0.402 e. The van der Waals surface area contributed by atoms with E-state index in [0.29, 0.717) is 0 Å². The maximum Gasteiger partial charge on any atom is 0.0119 e. The van der Waals surface area contributed by atoms with E-state index in [9.17, 15) is 0 Å². The van der Waals surface area contributed by atoms with Gasteiger partial charge in [-0.15, -0.1) is 0 Å². The van der Waals surface area contributed by atoms with E-state index in [0.717, 1.165) is 5.70 Å². The second kappa shape index (κ2) is 2.27.